The van der Waals surface area contributed by atoms with Crippen molar-refractivity contribution in [2.45, 2.75) is 25.9 Å². The average Bonchev–Trinajstić information content (AvgIpc) is 2.17. The van der Waals surface area contributed by atoms with Crippen LogP contribution in [-0.4, -0.2) is 17.7 Å². The van der Waals surface area contributed by atoms with Crippen molar-refractivity contribution in [2.75, 3.05) is 17.6 Å². The summed E-state index contributed by atoms with van der Waals surface area (Å²) in [6.45, 7) is 2.06. The molecule has 0 bridgehead atoms. The number of pyridine rings is 1. The molecule has 1 heterocycles. The third kappa shape index (κ3) is 4.37. The van der Waals surface area contributed by atoms with Crippen molar-refractivity contribution < 1.29 is 13.2 Å². The van der Waals surface area contributed by atoms with E-state index in [1.54, 1.807) is 6.07 Å². The van der Waals surface area contributed by atoms with Gasteiger partial charge in [0, 0.05) is 13.0 Å². The summed E-state index contributed by atoms with van der Waals surface area (Å²) in [7, 11) is 0. The lowest BCUT2D eigenvalue weighted by Crippen LogP contribution is -2.11. The van der Waals surface area contributed by atoms with E-state index in [-0.39, 0.29) is 13.0 Å². The van der Waals surface area contributed by atoms with Crippen LogP contribution >= 0.6 is 0 Å². The highest BCUT2D eigenvalue weighted by atomic mass is 19.4. The van der Waals surface area contributed by atoms with Crippen molar-refractivity contribution in [2.24, 2.45) is 0 Å². The molecule has 0 unspecified atom stereocenters. The molecule has 0 aliphatic heterocycles. The summed E-state index contributed by atoms with van der Waals surface area (Å²) in [6.07, 6.45) is -3.35. The highest BCUT2D eigenvalue weighted by Crippen LogP contribution is 2.21. The van der Waals surface area contributed by atoms with Crippen LogP contribution in [0.2, 0.25) is 0 Å². The molecule has 6 heteroatoms. The number of aryl methyl sites for hydroxylation is 1. The molecule has 16 heavy (non-hydrogen) atoms. The molecule has 0 amide bonds. The number of aromatic nitrogens is 1. The van der Waals surface area contributed by atoms with Crippen molar-refractivity contribution in [3.63, 3.8) is 0 Å². The second kappa shape index (κ2) is 5.05. The van der Waals surface area contributed by atoms with Crippen LogP contribution < -0.4 is 11.1 Å². The fourth-order valence-electron chi connectivity index (χ4n) is 1.17. The van der Waals surface area contributed by atoms with E-state index in [0.717, 1.165) is 5.56 Å². The van der Waals surface area contributed by atoms with Gasteiger partial charge in [0.05, 0.1) is 11.9 Å². The van der Waals surface area contributed by atoms with Crippen LogP contribution in [0.3, 0.4) is 0 Å². The van der Waals surface area contributed by atoms with Crippen LogP contribution in [0.15, 0.2) is 12.3 Å². The molecule has 0 aromatic carbocycles. The van der Waals surface area contributed by atoms with E-state index in [9.17, 15) is 13.2 Å². The summed E-state index contributed by atoms with van der Waals surface area (Å²) < 4.78 is 35.5. The van der Waals surface area contributed by atoms with Gasteiger partial charge in [-0.25, -0.2) is 4.98 Å². The lowest BCUT2D eigenvalue weighted by Gasteiger charge is -2.08. The largest absolute Gasteiger partial charge is 0.397 e. The molecule has 0 saturated heterocycles. The smallest absolute Gasteiger partial charge is 0.389 e. The first-order valence-corrected chi connectivity index (χ1v) is 4.91. The van der Waals surface area contributed by atoms with Gasteiger partial charge in [-0.15, -0.1) is 0 Å². The van der Waals surface area contributed by atoms with Crippen molar-refractivity contribution in [3.05, 3.63) is 17.8 Å². The number of hydrogen-bond acceptors (Lipinski definition) is 3. The minimum absolute atomic E-state index is 0.0363. The van der Waals surface area contributed by atoms with Gasteiger partial charge in [0.15, 0.2) is 0 Å². The molecule has 90 valence electrons. The van der Waals surface area contributed by atoms with E-state index in [2.05, 4.69) is 10.3 Å². The molecule has 3 nitrogen and oxygen atoms in total. The zero-order valence-corrected chi connectivity index (χ0v) is 8.93. The Morgan fingerprint density at radius 3 is 2.69 bits per heavy atom. The summed E-state index contributed by atoms with van der Waals surface area (Å²) in [4.78, 5) is 3.96. The van der Waals surface area contributed by atoms with Crippen LogP contribution in [-0.2, 0) is 0 Å². The van der Waals surface area contributed by atoms with Gasteiger partial charge in [-0.3, -0.25) is 0 Å². The average molecular weight is 233 g/mol. The van der Waals surface area contributed by atoms with Gasteiger partial charge in [0.2, 0.25) is 0 Å². The Labute approximate surface area is 91.9 Å². The fraction of sp³-hybridized carbons (Fsp3) is 0.500. The van der Waals surface area contributed by atoms with Gasteiger partial charge in [-0.1, -0.05) is 0 Å². The number of halogens is 3. The molecule has 1 aromatic heterocycles. The summed E-state index contributed by atoms with van der Waals surface area (Å²) in [5.74, 6) is 0.550. The van der Waals surface area contributed by atoms with Gasteiger partial charge in [-0.2, -0.15) is 13.2 Å². The van der Waals surface area contributed by atoms with Crippen molar-refractivity contribution in [1.82, 2.24) is 4.98 Å². The second-order valence-corrected chi connectivity index (χ2v) is 3.57. The number of hydrogen-bond donors (Lipinski definition) is 2. The molecule has 0 atom stereocenters. The third-order valence-corrected chi connectivity index (χ3v) is 2.09. The normalized spacial score (nSPS) is 11.5. The van der Waals surface area contributed by atoms with E-state index in [1.165, 1.54) is 6.20 Å². The standard InChI is InChI=1S/C10H14F3N3/c1-7-5-9(16-6-8(7)14)15-4-2-3-10(11,12)13/h5-6H,2-4,14H2,1H3,(H,15,16). The van der Waals surface area contributed by atoms with Gasteiger partial charge in [0.25, 0.3) is 0 Å². The van der Waals surface area contributed by atoms with Gasteiger partial charge in [-0.05, 0) is 25.0 Å². The third-order valence-electron chi connectivity index (χ3n) is 2.09. The van der Waals surface area contributed by atoms with Gasteiger partial charge < -0.3 is 11.1 Å². The van der Waals surface area contributed by atoms with Crippen LogP contribution in [0.25, 0.3) is 0 Å². The Morgan fingerprint density at radius 2 is 2.12 bits per heavy atom. The number of nitrogens with zero attached hydrogens (tertiary/aromatic N) is 1. The quantitative estimate of drug-likeness (QED) is 0.786. The Kier molecular flexibility index (Phi) is 3.98. The van der Waals surface area contributed by atoms with Crippen LogP contribution in [0, 0.1) is 6.92 Å². The van der Waals surface area contributed by atoms with Gasteiger partial charge >= 0.3 is 6.18 Å². The lowest BCUT2D eigenvalue weighted by molar-refractivity contribution is -0.134. The maximum Gasteiger partial charge on any atom is 0.389 e. The molecule has 1 aromatic rings. The molecule has 0 aliphatic carbocycles. The van der Waals surface area contributed by atoms with E-state index in [4.69, 9.17) is 5.73 Å². The molecule has 3 N–H and O–H groups in total. The number of alkyl halides is 3. The summed E-state index contributed by atoms with van der Waals surface area (Å²) >= 11 is 0. The summed E-state index contributed by atoms with van der Waals surface area (Å²) in [6, 6.07) is 1.71. The minimum Gasteiger partial charge on any atom is -0.397 e. The van der Waals surface area contributed by atoms with E-state index >= 15 is 0 Å². The number of anilines is 2. The first kappa shape index (κ1) is 12.6. The van der Waals surface area contributed by atoms with Crippen molar-refractivity contribution in [3.8, 4) is 0 Å². The predicted octanol–water partition coefficient (Wildman–Crippen LogP) is 2.73. The molecular formula is C10H14F3N3. The maximum absolute atomic E-state index is 11.8. The Balaban J connectivity index is 2.35. The van der Waals surface area contributed by atoms with E-state index in [1.807, 2.05) is 6.92 Å². The van der Waals surface area contributed by atoms with Crippen LogP contribution in [0.5, 0.6) is 0 Å². The van der Waals surface area contributed by atoms with Crippen LogP contribution in [0.1, 0.15) is 18.4 Å². The number of nitrogens with one attached hydrogen (secondary N) is 1. The first-order chi connectivity index (χ1) is 7.38. The lowest BCUT2D eigenvalue weighted by atomic mass is 10.2. The Hall–Kier alpha value is -1.46. The second-order valence-electron chi connectivity index (χ2n) is 3.57. The number of nitrogens with two attached hydrogens (primary N) is 1. The Bertz CT molecular complexity index is 350. The fourth-order valence-corrected chi connectivity index (χ4v) is 1.17. The van der Waals surface area contributed by atoms with E-state index < -0.39 is 12.6 Å². The van der Waals surface area contributed by atoms with Crippen molar-refractivity contribution >= 4 is 11.5 Å². The predicted molar refractivity (Wildman–Crippen MR) is 57.2 cm³/mol. The summed E-state index contributed by atoms with van der Waals surface area (Å²) in [5, 5.41) is 2.82. The molecular weight excluding hydrogens is 219 g/mol. The topological polar surface area (TPSA) is 50.9 Å². The zero-order chi connectivity index (χ0) is 12.2. The maximum atomic E-state index is 11.8. The monoisotopic (exact) mass is 233 g/mol. The number of nitrogen functional groups attached to an aromatic ring is 1. The zero-order valence-electron chi connectivity index (χ0n) is 8.93. The van der Waals surface area contributed by atoms with E-state index in [0.29, 0.717) is 11.5 Å². The highest BCUT2D eigenvalue weighted by molar-refractivity contribution is 5.50. The molecule has 1 rings (SSSR count). The van der Waals surface area contributed by atoms with Gasteiger partial charge in [0.1, 0.15) is 5.82 Å². The summed E-state index contributed by atoms with van der Waals surface area (Å²) in [5.41, 5.74) is 6.99. The SMILES string of the molecule is Cc1cc(NCCCC(F)(F)F)ncc1N. The van der Waals surface area contributed by atoms with Crippen molar-refractivity contribution in [1.29, 1.82) is 0 Å². The molecule has 0 aliphatic rings. The molecule has 0 radical (unpaired) electrons. The van der Waals surface area contributed by atoms with Crippen LogP contribution in [0.4, 0.5) is 24.7 Å². The molecule has 0 saturated carbocycles. The Morgan fingerprint density at radius 1 is 1.44 bits per heavy atom. The number of rotatable bonds is 4. The molecule has 0 fully saturated rings. The first-order valence-electron chi connectivity index (χ1n) is 4.91. The highest BCUT2D eigenvalue weighted by Gasteiger charge is 2.25. The molecule has 0 spiro atoms. The minimum atomic E-state index is -4.09.